The highest BCUT2D eigenvalue weighted by Crippen LogP contribution is 2.45. The molecule has 0 N–H and O–H groups in total. The van der Waals surface area contributed by atoms with E-state index in [0.29, 0.717) is 16.9 Å². The summed E-state index contributed by atoms with van der Waals surface area (Å²) in [6.45, 7) is 12.0. The predicted molar refractivity (Wildman–Crippen MR) is 137 cm³/mol. The fraction of sp³-hybridized carbons (Fsp3) is 0.423. The quantitative estimate of drug-likeness (QED) is 0.344. The minimum atomic E-state index is -0.806. The standard InChI is InChI=1S/C26H29Cl2F2NO2S/c1-6-7-22-25(32)31(15(2)14-34-26(3,4)5)23(16-8-9-20(28)21(30)12-16)24(33-22)17-10-18(27)13-19(29)11-17/h6,8-13,15,22-24H,1,7,14H2,2-5H3. The minimum Gasteiger partial charge on any atom is -0.358 e. The topological polar surface area (TPSA) is 29.5 Å². The van der Waals surface area contributed by atoms with Crippen LogP contribution < -0.4 is 0 Å². The molecular weight excluding hydrogens is 499 g/mol. The lowest BCUT2D eigenvalue weighted by molar-refractivity contribution is -0.177. The number of carbonyl (C=O) groups excluding carboxylic acids is 1. The summed E-state index contributed by atoms with van der Waals surface area (Å²) in [5, 5.41) is 0.185. The van der Waals surface area contributed by atoms with Crippen molar-refractivity contribution in [3.05, 3.63) is 81.9 Å². The van der Waals surface area contributed by atoms with E-state index in [4.69, 9.17) is 27.9 Å². The minimum absolute atomic E-state index is 0.0124. The van der Waals surface area contributed by atoms with Crippen LogP contribution in [0.4, 0.5) is 8.78 Å². The summed E-state index contributed by atoms with van der Waals surface area (Å²) < 4.78 is 35.1. The smallest absolute Gasteiger partial charge is 0.252 e. The SMILES string of the molecule is C=CCC1OC(c2cc(F)cc(Cl)c2)C(c2ccc(Cl)c(F)c2)N(C(C)CSC(C)(C)C)C1=O. The van der Waals surface area contributed by atoms with Gasteiger partial charge in [-0.2, -0.15) is 11.8 Å². The van der Waals surface area contributed by atoms with Crippen LogP contribution in [-0.4, -0.2) is 33.5 Å². The summed E-state index contributed by atoms with van der Waals surface area (Å²) >= 11 is 13.8. The van der Waals surface area contributed by atoms with Gasteiger partial charge in [-0.15, -0.1) is 6.58 Å². The van der Waals surface area contributed by atoms with E-state index in [2.05, 4.69) is 27.4 Å². The van der Waals surface area contributed by atoms with Gasteiger partial charge in [0.2, 0.25) is 0 Å². The fourth-order valence-corrected chi connectivity index (χ4v) is 5.29. The van der Waals surface area contributed by atoms with Crippen molar-refractivity contribution in [2.45, 2.75) is 63.2 Å². The summed E-state index contributed by atoms with van der Waals surface area (Å²) in [5.74, 6) is -0.695. The zero-order valence-corrected chi connectivity index (χ0v) is 22.0. The average molecular weight is 528 g/mol. The summed E-state index contributed by atoms with van der Waals surface area (Å²) in [7, 11) is 0. The van der Waals surface area contributed by atoms with E-state index in [9.17, 15) is 13.6 Å². The Labute approximate surface area is 214 Å². The largest absolute Gasteiger partial charge is 0.358 e. The Hall–Kier alpha value is -1.60. The fourth-order valence-electron chi connectivity index (χ4n) is 4.04. The lowest BCUT2D eigenvalue weighted by Gasteiger charge is -2.47. The van der Waals surface area contributed by atoms with Gasteiger partial charge in [0, 0.05) is 28.0 Å². The second kappa shape index (κ2) is 11.0. The molecule has 0 radical (unpaired) electrons. The molecule has 1 saturated heterocycles. The lowest BCUT2D eigenvalue weighted by Crippen LogP contribution is -2.54. The van der Waals surface area contributed by atoms with Crippen LogP contribution in [0.1, 0.15) is 57.4 Å². The third-order valence-corrected chi connectivity index (χ3v) is 7.58. The molecule has 0 spiro atoms. The molecule has 0 bridgehead atoms. The first-order valence-corrected chi connectivity index (χ1v) is 12.8. The molecule has 1 aliphatic heterocycles. The van der Waals surface area contributed by atoms with Crippen LogP contribution in [0, 0.1) is 11.6 Å². The summed E-state index contributed by atoms with van der Waals surface area (Å²) in [4.78, 5) is 15.4. The molecule has 2 aromatic carbocycles. The van der Waals surface area contributed by atoms with E-state index >= 15 is 0 Å². The van der Waals surface area contributed by atoms with Crippen molar-refractivity contribution in [2.24, 2.45) is 0 Å². The maximum absolute atomic E-state index is 14.5. The number of thioether (sulfide) groups is 1. The summed E-state index contributed by atoms with van der Waals surface area (Å²) in [5.41, 5.74) is 0.970. The average Bonchev–Trinajstić information content (AvgIpc) is 2.74. The second-order valence-corrected chi connectivity index (χ2v) is 12.1. The van der Waals surface area contributed by atoms with E-state index < -0.39 is 29.9 Å². The number of carbonyl (C=O) groups is 1. The van der Waals surface area contributed by atoms with Gasteiger partial charge in [-0.3, -0.25) is 4.79 Å². The van der Waals surface area contributed by atoms with Crippen LogP contribution in [0.3, 0.4) is 0 Å². The molecule has 184 valence electrons. The zero-order chi connectivity index (χ0) is 25.2. The second-order valence-electron chi connectivity index (χ2n) is 9.41. The van der Waals surface area contributed by atoms with E-state index in [1.165, 1.54) is 24.3 Å². The Kier molecular flexibility index (Phi) is 8.72. The third-order valence-electron chi connectivity index (χ3n) is 5.54. The molecule has 3 nitrogen and oxygen atoms in total. The van der Waals surface area contributed by atoms with Crippen LogP contribution in [0.15, 0.2) is 49.1 Å². The van der Waals surface area contributed by atoms with Crippen molar-refractivity contribution in [1.29, 1.82) is 0 Å². The highest BCUT2D eigenvalue weighted by atomic mass is 35.5. The highest BCUT2D eigenvalue weighted by Gasteiger charge is 2.46. The van der Waals surface area contributed by atoms with Gasteiger partial charge in [0.25, 0.3) is 5.91 Å². The number of benzene rings is 2. The summed E-state index contributed by atoms with van der Waals surface area (Å²) in [6, 6.07) is 7.65. The highest BCUT2D eigenvalue weighted by molar-refractivity contribution is 8.00. The molecule has 2 aromatic rings. The number of morpholine rings is 1. The van der Waals surface area contributed by atoms with Gasteiger partial charge in [0.05, 0.1) is 11.1 Å². The number of halogens is 4. The van der Waals surface area contributed by atoms with E-state index in [0.717, 1.165) is 0 Å². The molecule has 1 aliphatic rings. The van der Waals surface area contributed by atoms with Gasteiger partial charge in [-0.05, 0) is 48.4 Å². The maximum atomic E-state index is 14.5. The molecule has 0 saturated carbocycles. The van der Waals surface area contributed by atoms with E-state index in [1.54, 1.807) is 34.9 Å². The molecule has 3 rings (SSSR count). The van der Waals surface area contributed by atoms with Crippen molar-refractivity contribution in [3.8, 4) is 0 Å². The molecular formula is C26H29Cl2F2NO2S. The van der Waals surface area contributed by atoms with Gasteiger partial charge in [0.1, 0.15) is 23.8 Å². The van der Waals surface area contributed by atoms with Crippen molar-refractivity contribution in [2.75, 3.05) is 5.75 Å². The van der Waals surface area contributed by atoms with Gasteiger partial charge < -0.3 is 9.64 Å². The maximum Gasteiger partial charge on any atom is 0.252 e. The summed E-state index contributed by atoms with van der Waals surface area (Å²) in [6.07, 6.45) is 0.321. The Morgan fingerprint density at radius 1 is 1.18 bits per heavy atom. The first-order chi connectivity index (χ1) is 15.9. The molecule has 34 heavy (non-hydrogen) atoms. The Balaban J connectivity index is 2.16. The van der Waals surface area contributed by atoms with Crippen molar-refractivity contribution < 1.29 is 18.3 Å². The first kappa shape index (κ1) is 27.0. The van der Waals surface area contributed by atoms with Crippen LogP contribution in [0.25, 0.3) is 0 Å². The Bertz CT molecular complexity index is 1040. The van der Waals surface area contributed by atoms with Crippen molar-refractivity contribution in [1.82, 2.24) is 4.90 Å². The number of amides is 1. The number of ether oxygens (including phenoxy) is 1. The number of nitrogens with zero attached hydrogens (tertiary/aromatic N) is 1. The molecule has 4 atom stereocenters. The molecule has 1 heterocycles. The van der Waals surface area contributed by atoms with Crippen LogP contribution in [-0.2, 0) is 9.53 Å². The van der Waals surface area contributed by atoms with Crippen LogP contribution in [0.2, 0.25) is 10.0 Å². The Morgan fingerprint density at radius 2 is 1.88 bits per heavy atom. The third kappa shape index (κ3) is 6.34. The normalized spacial score (nSPS) is 22.1. The van der Waals surface area contributed by atoms with Gasteiger partial charge in [-0.25, -0.2) is 8.78 Å². The molecule has 0 aromatic heterocycles. The number of rotatable bonds is 7. The molecule has 1 fully saturated rings. The number of hydrogen-bond donors (Lipinski definition) is 0. The predicted octanol–water partition coefficient (Wildman–Crippen LogP) is 7.78. The van der Waals surface area contributed by atoms with Crippen LogP contribution in [0.5, 0.6) is 0 Å². The molecule has 0 aliphatic carbocycles. The number of hydrogen-bond acceptors (Lipinski definition) is 3. The van der Waals surface area contributed by atoms with E-state index in [-0.39, 0.29) is 33.2 Å². The lowest BCUT2D eigenvalue weighted by atomic mass is 9.90. The Morgan fingerprint density at radius 3 is 2.47 bits per heavy atom. The van der Waals surface area contributed by atoms with Gasteiger partial charge in [0.15, 0.2) is 0 Å². The zero-order valence-electron chi connectivity index (χ0n) is 19.7. The van der Waals surface area contributed by atoms with Crippen molar-refractivity contribution in [3.63, 3.8) is 0 Å². The van der Waals surface area contributed by atoms with E-state index in [1.807, 2.05) is 6.92 Å². The molecule has 8 heteroatoms. The molecule has 1 amide bonds. The first-order valence-electron chi connectivity index (χ1n) is 11.0. The molecule has 4 unspecified atom stereocenters. The monoisotopic (exact) mass is 527 g/mol. The van der Waals surface area contributed by atoms with Crippen LogP contribution >= 0.6 is 35.0 Å². The van der Waals surface area contributed by atoms with Gasteiger partial charge in [-0.1, -0.05) is 56.1 Å². The van der Waals surface area contributed by atoms with Gasteiger partial charge >= 0.3 is 0 Å². The van der Waals surface area contributed by atoms with Crippen molar-refractivity contribution >= 4 is 40.9 Å².